The molecule has 30 heavy (non-hydrogen) atoms. The number of esters is 2. The van der Waals surface area contributed by atoms with Gasteiger partial charge in [-0.05, 0) is 36.2 Å². The summed E-state index contributed by atoms with van der Waals surface area (Å²) in [5.74, 6) is -1.55. The lowest BCUT2D eigenvalue weighted by molar-refractivity contribution is -0.158. The van der Waals surface area contributed by atoms with Crippen molar-refractivity contribution >= 4 is 29.1 Å². The Balaban J connectivity index is 1.52. The lowest BCUT2D eigenvalue weighted by Crippen LogP contribution is -2.28. The lowest BCUT2D eigenvalue weighted by atomic mass is 9.99. The number of anilines is 1. The van der Waals surface area contributed by atoms with Crippen molar-refractivity contribution in [3.05, 3.63) is 54.1 Å². The first-order valence-electron chi connectivity index (χ1n) is 9.46. The highest BCUT2D eigenvalue weighted by atomic mass is 16.5. The van der Waals surface area contributed by atoms with Crippen LogP contribution in [0.4, 0.5) is 6.01 Å². The van der Waals surface area contributed by atoms with E-state index < -0.39 is 17.9 Å². The summed E-state index contributed by atoms with van der Waals surface area (Å²) in [5, 5.41) is 0. The topological polar surface area (TPSA) is 91.1 Å². The second kappa shape index (κ2) is 9.78. The highest BCUT2D eigenvalue weighted by Crippen LogP contribution is 2.21. The van der Waals surface area contributed by atoms with Crippen LogP contribution in [-0.2, 0) is 25.5 Å². The molecule has 0 saturated heterocycles. The minimum Gasteiger partial charge on any atom is -0.492 e. The van der Waals surface area contributed by atoms with Crippen molar-refractivity contribution < 1.29 is 28.2 Å². The van der Waals surface area contributed by atoms with Crippen LogP contribution >= 0.6 is 0 Å². The molecule has 3 aromatic rings. The number of fused-ring (bicyclic) bond motifs is 1. The number of hydrogen-bond acceptors (Lipinski definition) is 8. The lowest BCUT2D eigenvalue weighted by Gasteiger charge is -2.15. The molecule has 3 rings (SSSR count). The van der Waals surface area contributed by atoms with Crippen LogP contribution in [0.2, 0.25) is 0 Å². The summed E-state index contributed by atoms with van der Waals surface area (Å²) in [7, 11) is 4.37. The number of carbonyl (C=O) groups is 2. The van der Waals surface area contributed by atoms with Gasteiger partial charge in [0.2, 0.25) is 0 Å². The van der Waals surface area contributed by atoms with Crippen molar-refractivity contribution in [2.45, 2.75) is 6.42 Å². The zero-order chi connectivity index (χ0) is 21.5. The fraction of sp³-hybridized carbons (Fsp3) is 0.318. The number of ether oxygens (including phenoxy) is 3. The molecule has 0 aliphatic rings. The number of benzene rings is 2. The Bertz CT molecular complexity index is 949. The van der Waals surface area contributed by atoms with Crippen molar-refractivity contribution in [3.8, 4) is 5.75 Å². The van der Waals surface area contributed by atoms with Crippen molar-refractivity contribution in [2.24, 2.45) is 5.92 Å². The number of likely N-dealkylation sites (N-methyl/N-ethyl adjacent to an activating group) is 1. The number of hydrogen-bond donors (Lipinski definition) is 0. The van der Waals surface area contributed by atoms with Gasteiger partial charge in [0.1, 0.15) is 17.9 Å². The molecule has 2 aromatic carbocycles. The van der Waals surface area contributed by atoms with Gasteiger partial charge in [0, 0.05) is 7.05 Å². The molecule has 1 aromatic heterocycles. The third kappa shape index (κ3) is 5.08. The van der Waals surface area contributed by atoms with Gasteiger partial charge in [-0.15, -0.1) is 0 Å². The minimum atomic E-state index is -0.989. The monoisotopic (exact) mass is 412 g/mol. The summed E-state index contributed by atoms with van der Waals surface area (Å²) < 4.78 is 20.9. The fourth-order valence-corrected chi connectivity index (χ4v) is 2.92. The molecule has 0 N–H and O–H groups in total. The predicted molar refractivity (Wildman–Crippen MR) is 110 cm³/mol. The number of carbonyl (C=O) groups excluding carboxylic acids is 2. The Hall–Kier alpha value is -3.55. The second-order valence-electron chi connectivity index (χ2n) is 6.68. The maximum Gasteiger partial charge on any atom is 0.320 e. The van der Waals surface area contributed by atoms with Crippen LogP contribution in [0.25, 0.3) is 11.1 Å². The van der Waals surface area contributed by atoms with E-state index in [9.17, 15) is 9.59 Å². The Labute approximate surface area is 174 Å². The van der Waals surface area contributed by atoms with Crippen LogP contribution in [0.1, 0.15) is 5.56 Å². The highest BCUT2D eigenvalue weighted by molar-refractivity contribution is 5.95. The molecule has 0 fully saturated rings. The van der Waals surface area contributed by atoms with Gasteiger partial charge in [0.05, 0.1) is 20.8 Å². The van der Waals surface area contributed by atoms with E-state index in [1.165, 1.54) is 14.2 Å². The molecule has 0 amide bonds. The van der Waals surface area contributed by atoms with Crippen molar-refractivity contribution in [1.82, 2.24) is 4.98 Å². The van der Waals surface area contributed by atoms with Crippen LogP contribution in [0, 0.1) is 5.92 Å². The van der Waals surface area contributed by atoms with E-state index in [2.05, 4.69) is 14.5 Å². The molecule has 0 aliphatic heterocycles. The Morgan fingerprint density at radius 2 is 1.70 bits per heavy atom. The van der Waals surface area contributed by atoms with Crippen molar-refractivity contribution in [1.29, 1.82) is 0 Å². The molecule has 158 valence electrons. The average Bonchev–Trinajstić information content (AvgIpc) is 3.22. The third-order valence-corrected chi connectivity index (χ3v) is 4.64. The van der Waals surface area contributed by atoms with E-state index in [0.717, 1.165) is 16.7 Å². The fourth-order valence-electron chi connectivity index (χ4n) is 2.92. The number of methoxy groups -OCH3 is 2. The van der Waals surface area contributed by atoms with Gasteiger partial charge in [0.25, 0.3) is 6.01 Å². The zero-order valence-electron chi connectivity index (χ0n) is 17.2. The Morgan fingerprint density at radius 1 is 1.03 bits per heavy atom. The SMILES string of the molecule is COC(=O)C(Cc1ccc(OCCN(C)c2nc3ccccc3o2)cc1)C(=O)OC. The highest BCUT2D eigenvalue weighted by Gasteiger charge is 2.28. The molecule has 0 radical (unpaired) electrons. The molecular weight excluding hydrogens is 388 g/mol. The maximum absolute atomic E-state index is 11.8. The van der Waals surface area contributed by atoms with E-state index in [-0.39, 0.29) is 6.42 Å². The summed E-state index contributed by atoms with van der Waals surface area (Å²) in [4.78, 5) is 29.9. The molecular formula is C22H24N2O6. The summed E-state index contributed by atoms with van der Waals surface area (Å²) >= 11 is 0. The van der Waals surface area contributed by atoms with Crippen LogP contribution in [0.5, 0.6) is 5.75 Å². The van der Waals surface area contributed by atoms with Crippen LogP contribution < -0.4 is 9.64 Å². The van der Waals surface area contributed by atoms with Gasteiger partial charge in [-0.1, -0.05) is 24.3 Å². The molecule has 0 bridgehead atoms. The van der Waals surface area contributed by atoms with Crippen LogP contribution in [0.3, 0.4) is 0 Å². The van der Waals surface area contributed by atoms with E-state index in [1.807, 2.05) is 36.2 Å². The normalized spacial score (nSPS) is 10.8. The molecule has 0 saturated carbocycles. The molecule has 8 heteroatoms. The largest absolute Gasteiger partial charge is 0.492 e. The molecule has 0 unspecified atom stereocenters. The molecule has 1 heterocycles. The molecule has 0 spiro atoms. The predicted octanol–water partition coefficient (Wildman–Crippen LogP) is 2.85. The summed E-state index contributed by atoms with van der Waals surface area (Å²) in [6.07, 6.45) is 0.195. The number of rotatable bonds is 9. The minimum absolute atomic E-state index is 0.195. The summed E-state index contributed by atoms with van der Waals surface area (Å²) in [5.41, 5.74) is 2.35. The number of aromatic nitrogens is 1. The standard InChI is InChI=1S/C22H24N2O6/c1-24(22-23-18-6-4-5-7-19(18)30-22)12-13-29-16-10-8-15(9-11-16)14-17(20(25)27-2)21(26)28-3/h4-11,17H,12-14H2,1-3H3. The molecule has 0 atom stereocenters. The number of nitrogens with zero attached hydrogens (tertiary/aromatic N) is 2. The van der Waals surface area contributed by atoms with Crippen LogP contribution in [-0.4, -0.2) is 51.3 Å². The van der Waals surface area contributed by atoms with E-state index >= 15 is 0 Å². The Morgan fingerprint density at radius 3 is 2.33 bits per heavy atom. The van der Waals surface area contributed by atoms with E-state index in [0.29, 0.717) is 24.9 Å². The summed E-state index contributed by atoms with van der Waals surface area (Å²) in [6.45, 7) is 1.02. The van der Waals surface area contributed by atoms with Gasteiger partial charge in [-0.2, -0.15) is 4.98 Å². The number of oxazole rings is 1. The zero-order valence-corrected chi connectivity index (χ0v) is 17.2. The molecule has 0 aliphatic carbocycles. The van der Waals surface area contributed by atoms with Crippen LogP contribution in [0.15, 0.2) is 52.9 Å². The van der Waals surface area contributed by atoms with Gasteiger partial charge < -0.3 is 23.5 Å². The smallest absolute Gasteiger partial charge is 0.320 e. The van der Waals surface area contributed by atoms with Crippen molar-refractivity contribution in [2.75, 3.05) is 39.3 Å². The van der Waals surface area contributed by atoms with E-state index in [4.69, 9.17) is 9.15 Å². The Kier molecular flexibility index (Phi) is 6.90. The first-order chi connectivity index (χ1) is 14.5. The average molecular weight is 412 g/mol. The quantitative estimate of drug-likeness (QED) is 0.391. The summed E-state index contributed by atoms with van der Waals surface area (Å²) in [6, 6.07) is 15.3. The van der Waals surface area contributed by atoms with Gasteiger partial charge in [-0.3, -0.25) is 9.59 Å². The second-order valence-corrected chi connectivity index (χ2v) is 6.68. The maximum atomic E-state index is 11.8. The van der Waals surface area contributed by atoms with Gasteiger partial charge in [-0.25, -0.2) is 0 Å². The van der Waals surface area contributed by atoms with E-state index in [1.54, 1.807) is 24.3 Å². The van der Waals surface area contributed by atoms with Gasteiger partial charge in [0.15, 0.2) is 11.5 Å². The van der Waals surface area contributed by atoms with Gasteiger partial charge >= 0.3 is 11.9 Å². The number of para-hydroxylation sites is 2. The third-order valence-electron chi connectivity index (χ3n) is 4.64. The first-order valence-corrected chi connectivity index (χ1v) is 9.46. The first kappa shape index (κ1) is 21.2. The molecule has 8 nitrogen and oxygen atoms in total. The van der Waals surface area contributed by atoms with Crippen molar-refractivity contribution in [3.63, 3.8) is 0 Å².